The molecule has 0 spiro atoms. The lowest BCUT2D eigenvalue weighted by atomic mass is 10.2. The number of nitrogens with one attached hydrogen (secondary N) is 1. The molecule has 106 valence electrons. The molecule has 20 heavy (non-hydrogen) atoms. The van der Waals surface area contributed by atoms with Crippen molar-refractivity contribution in [3.63, 3.8) is 0 Å². The number of carbonyl (C=O) groups excluding carboxylic acids is 1. The molecule has 0 aliphatic rings. The molecule has 0 aliphatic heterocycles. The monoisotopic (exact) mass is 276 g/mol. The van der Waals surface area contributed by atoms with Crippen LogP contribution in [-0.4, -0.2) is 24.6 Å². The van der Waals surface area contributed by atoms with Crippen LogP contribution in [0.3, 0.4) is 0 Å². The maximum absolute atomic E-state index is 11.6. The third-order valence-corrected chi connectivity index (χ3v) is 2.53. The number of anilines is 1. The molecule has 0 fully saturated rings. The van der Waals surface area contributed by atoms with Crippen LogP contribution < -0.4 is 10.1 Å². The zero-order valence-corrected chi connectivity index (χ0v) is 11.4. The molecular formula is C14H16N2O4. The van der Waals surface area contributed by atoms with E-state index in [0.717, 1.165) is 11.3 Å². The average molecular weight is 276 g/mol. The van der Waals surface area contributed by atoms with Crippen molar-refractivity contribution in [2.24, 2.45) is 0 Å². The van der Waals surface area contributed by atoms with E-state index in [2.05, 4.69) is 10.3 Å². The average Bonchev–Trinajstić information content (AvgIpc) is 2.85. The number of methoxy groups -OCH3 is 1. The van der Waals surface area contributed by atoms with Crippen LogP contribution in [0.15, 0.2) is 34.9 Å². The summed E-state index contributed by atoms with van der Waals surface area (Å²) in [6.07, 6.45) is 1.54. The van der Waals surface area contributed by atoms with Crippen LogP contribution in [-0.2, 0) is 16.1 Å². The second-order valence-corrected chi connectivity index (χ2v) is 4.17. The van der Waals surface area contributed by atoms with Gasteiger partial charge in [-0.15, -0.1) is 0 Å². The highest BCUT2D eigenvalue weighted by Crippen LogP contribution is 2.12. The Labute approximate surface area is 116 Å². The van der Waals surface area contributed by atoms with Crippen LogP contribution in [0.2, 0.25) is 0 Å². The van der Waals surface area contributed by atoms with Crippen LogP contribution in [0.25, 0.3) is 0 Å². The Hall–Kier alpha value is -2.34. The van der Waals surface area contributed by atoms with E-state index >= 15 is 0 Å². The standard InChI is InChI=1S/C14H16N2O4/c1-10-7-15-14(20-10)16-13(17)9-19-8-11-3-5-12(18-2)6-4-11/h3-7H,8-9H2,1-2H3,(H,15,16,17). The van der Waals surface area contributed by atoms with E-state index in [4.69, 9.17) is 13.9 Å². The smallest absolute Gasteiger partial charge is 0.301 e. The molecule has 6 nitrogen and oxygen atoms in total. The van der Waals surface area contributed by atoms with Gasteiger partial charge in [0, 0.05) is 0 Å². The number of carbonyl (C=O) groups is 1. The van der Waals surface area contributed by atoms with Gasteiger partial charge in [0.15, 0.2) is 0 Å². The molecule has 0 atom stereocenters. The largest absolute Gasteiger partial charge is 0.497 e. The summed E-state index contributed by atoms with van der Waals surface area (Å²) < 4.78 is 15.5. The predicted octanol–water partition coefficient (Wildman–Crippen LogP) is 2.15. The molecule has 6 heteroatoms. The van der Waals surface area contributed by atoms with Crippen LogP contribution in [0, 0.1) is 6.92 Å². The SMILES string of the molecule is COc1ccc(COCC(=O)Nc2ncc(C)o2)cc1. The van der Waals surface area contributed by atoms with E-state index < -0.39 is 0 Å². The number of aryl methyl sites for hydroxylation is 1. The fourth-order valence-electron chi connectivity index (χ4n) is 1.55. The fourth-order valence-corrected chi connectivity index (χ4v) is 1.55. The van der Waals surface area contributed by atoms with Crippen LogP contribution in [0.1, 0.15) is 11.3 Å². The predicted molar refractivity (Wildman–Crippen MR) is 72.5 cm³/mol. The second kappa shape index (κ2) is 6.72. The second-order valence-electron chi connectivity index (χ2n) is 4.17. The molecular weight excluding hydrogens is 260 g/mol. The minimum absolute atomic E-state index is 0.0620. The van der Waals surface area contributed by atoms with Crippen LogP contribution in [0.4, 0.5) is 6.01 Å². The molecule has 1 N–H and O–H groups in total. The Morgan fingerprint density at radius 2 is 2.10 bits per heavy atom. The van der Waals surface area contributed by atoms with Gasteiger partial charge in [-0.2, -0.15) is 0 Å². The quantitative estimate of drug-likeness (QED) is 0.875. The summed E-state index contributed by atoms with van der Waals surface area (Å²) in [5, 5.41) is 2.51. The fraction of sp³-hybridized carbons (Fsp3) is 0.286. The Morgan fingerprint density at radius 3 is 2.70 bits per heavy atom. The number of oxazole rings is 1. The highest BCUT2D eigenvalue weighted by Gasteiger charge is 2.06. The lowest BCUT2D eigenvalue weighted by Gasteiger charge is -2.05. The number of benzene rings is 1. The normalized spacial score (nSPS) is 10.3. The summed E-state index contributed by atoms with van der Waals surface area (Å²) in [6, 6.07) is 7.63. The van der Waals surface area contributed by atoms with Crippen molar-refractivity contribution in [1.82, 2.24) is 4.98 Å². The van der Waals surface area contributed by atoms with E-state index in [1.54, 1.807) is 14.0 Å². The summed E-state index contributed by atoms with van der Waals surface area (Å²) in [5.74, 6) is 1.12. The van der Waals surface area contributed by atoms with Gasteiger partial charge in [-0.25, -0.2) is 4.98 Å². The molecule has 2 aromatic rings. The van der Waals surface area contributed by atoms with Crippen molar-refractivity contribution >= 4 is 11.9 Å². The number of rotatable bonds is 6. The van der Waals surface area contributed by atoms with Crippen molar-refractivity contribution in [2.75, 3.05) is 19.0 Å². The van der Waals surface area contributed by atoms with Gasteiger partial charge in [-0.1, -0.05) is 12.1 Å². The van der Waals surface area contributed by atoms with Crippen LogP contribution in [0.5, 0.6) is 5.75 Å². The first-order valence-electron chi connectivity index (χ1n) is 6.10. The first kappa shape index (κ1) is 14.1. The number of nitrogens with zero attached hydrogens (tertiary/aromatic N) is 1. The van der Waals surface area contributed by atoms with Gasteiger partial charge < -0.3 is 13.9 Å². The Morgan fingerprint density at radius 1 is 1.35 bits per heavy atom. The zero-order chi connectivity index (χ0) is 14.4. The molecule has 0 radical (unpaired) electrons. The molecule has 1 heterocycles. The summed E-state index contributed by atoms with van der Waals surface area (Å²) in [4.78, 5) is 15.4. The molecule has 1 amide bonds. The first-order valence-corrected chi connectivity index (χ1v) is 6.10. The summed E-state index contributed by atoms with van der Waals surface area (Å²) in [7, 11) is 1.61. The zero-order valence-electron chi connectivity index (χ0n) is 11.4. The number of aromatic nitrogens is 1. The van der Waals surface area contributed by atoms with E-state index in [1.807, 2.05) is 24.3 Å². The van der Waals surface area contributed by atoms with Crippen molar-refractivity contribution < 1.29 is 18.7 Å². The van der Waals surface area contributed by atoms with Crippen molar-refractivity contribution in [3.05, 3.63) is 41.8 Å². The maximum Gasteiger partial charge on any atom is 0.301 e. The van der Waals surface area contributed by atoms with E-state index in [-0.39, 0.29) is 18.5 Å². The Kier molecular flexibility index (Phi) is 4.73. The van der Waals surface area contributed by atoms with Gasteiger partial charge in [-0.05, 0) is 24.6 Å². The van der Waals surface area contributed by atoms with E-state index in [9.17, 15) is 4.79 Å². The van der Waals surface area contributed by atoms with Crippen molar-refractivity contribution in [1.29, 1.82) is 0 Å². The molecule has 1 aromatic carbocycles. The molecule has 1 aromatic heterocycles. The highest BCUT2D eigenvalue weighted by atomic mass is 16.5. The minimum atomic E-state index is -0.305. The number of hydrogen-bond acceptors (Lipinski definition) is 5. The van der Waals surface area contributed by atoms with Gasteiger partial charge >= 0.3 is 6.01 Å². The van der Waals surface area contributed by atoms with Gasteiger partial charge in [0.05, 0.1) is 19.9 Å². The lowest BCUT2D eigenvalue weighted by molar-refractivity contribution is -0.121. The minimum Gasteiger partial charge on any atom is -0.497 e. The lowest BCUT2D eigenvalue weighted by Crippen LogP contribution is -2.18. The summed E-state index contributed by atoms with van der Waals surface area (Å²) >= 11 is 0. The molecule has 0 saturated heterocycles. The summed E-state index contributed by atoms with van der Waals surface area (Å²) in [5.41, 5.74) is 0.963. The first-order chi connectivity index (χ1) is 9.67. The number of ether oxygens (including phenoxy) is 2. The highest BCUT2D eigenvalue weighted by molar-refractivity contribution is 5.89. The summed E-state index contributed by atoms with van der Waals surface area (Å²) in [6.45, 7) is 2.04. The molecule has 0 bridgehead atoms. The molecule has 0 unspecified atom stereocenters. The van der Waals surface area contributed by atoms with Gasteiger partial charge in [0.2, 0.25) is 0 Å². The maximum atomic E-state index is 11.6. The Bertz CT molecular complexity index is 563. The molecule has 0 saturated carbocycles. The van der Waals surface area contributed by atoms with E-state index in [0.29, 0.717) is 12.4 Å². The van der Waals surface area contributed by atoms with Crippen LogP contribution >= 0.6 is 0 Å². The van der Waals surface area contributed by atoms with Gasteiger partial charge in [0.25, 0.3) is 5.91 Å². The number of hydrogen-bond donors (Lipinski definition) is 1. The van der Waals surface area contributed by atoms with Gasteiger partial charge in [0.1, 0.15) is 18.1 Å². The third-order valence-electron chi connectivity index (χ3n) is 2.53. The van der Waals surface area contributed by atoms with Crippen molar-refractivity contribution in [2.45, 2.75) is 13.5 Å². The third kappa shape index (κ3) is 4.10. The van der Waals surface area contributed by atoms with E-state index in [1.165, 1.54) is 6.20 Å². The Balaban J connectivity index is 1.73. The van der Waals surface area contributed by atoms with Crippen molar-refractivity contribution in [3.8, 4) is 5.75 Å². The molecule has 2 rings (SSSR count). The van der Waals surface area contributed by atoms with Gasteiger partial charge in [-0.3, -0.25) is 10.1 Å². The topological polar surface area (TPSA) is 73.6 Å². The number of amides is 1. The molecule has 0 aliphatic carbocycles.